The van der Waals surface area contributed by atoms with Gasteiger partial charge in [-0.15, -0.1) is 0 Å². The van der Waals surface area contributed by atoms with Crippen LogP contribution in [0.4, 0.5) is 5.69 Å². The molecular formula is C13H19NO4. The topological polar surface area (TPSA) is 59.0 Å². The average Bonchev–Trinajstić information content (AvgIpc) is 2.36. The number of carbonyl (C=O) groups is 1. The molecule has 1 atom stereocenters. The largest absolute Gasteiger partial charge is 0.497 e. The van der Waals surface area contributed by atoms with Crippen molar-refractivity contribution in [2.45, 2.75) is 19.4 Å². The molecular weight excluding hydrogens is 234 g/mol. The minimum Gasteiger partial charge on any atom is -0.497 e. The normalized spacial score (nSPS) is 11.8. The number of benzene rings is 1. The Kier molecular flexibility index (Phi) is 4.83. The van der Waals surface area contributed by atoms with Gasteiger partial charge in [0.2, 0.25) is 0 Å². The number of ether oxygens (including phenoxy) is 2. The fourth-order valence-electron chi connectivity index (χ4n) is 1.70. The molecule has 0 amide bonds. The molecule has 1 N–H and O–H groups in total. The molecule has 0 aromatic heterocycles. The van der Waals surface area contributed by atoms with Gasteiger partial charge in [-0.25, -0.2) is 0 Å². The maximum Gasteiger partial charge on any atom is 0.305 e. The molecule has 0 saturated carbocycles. The van der Waals surface area contributed by atoms with Crippen LogP contribution in [0, 0.1) is 0 Å². The zero-order valence-electron chi connectivity index (χ0n) is 11.1. The van der Waals surface area contributed by atoms with Crippen LogP contribution in [0.5, 0.6) is 11.5 Å². The third-order valence-corrected chi connectivity index (χ3v) is 2.90. The maximum absolute atomic E-state index is 10.7. The number of anilines is 1. The highest BCUT2D eigenvalue weighted by Crippen LogP contribution is 2.32. The summed E-state index contributed by atoms with van der Waals surface area (Å²) in [5.74, 6) is 0.576. The molecule has 0 aliphatic heterocycles. The van der Waals surface area contributed by atoms with Gasteiger partial charge < -0.3 is 19.5 Å². The van der Waals surface area contributed by atoms with Crippen molar-refractivity contribution in [3.63, 3.8) is 0 Å². The number of hydrogen-bond donors (Lipinski definition) is 1. The van der Waals surface area contributed by atoms with E-state index < -0.39 is 5.97 Å². The summed E-state index contributed by atoms with van der Waals surface area (Å²) < 4.78 is 10.4. The predicted octanol–water partition coefficient (Wildman–Crippen LogP) is 2.00. The lowest BCUT2D eigenvalue weighted by Gasteiger charge is -2.27. The van der Waals surface area contributed by atoms with Crippen LogP contribution in [0.3, 0.4) is 0 Å². The summed E-state index contributed by atoms with van der Waals surface area (Å²) in [6.07, 6.45) is 0.0663. The minimum absolute atomic E-state index is 0.0663. The first-order valence-electron chi connectivity index (χ1n) is 5.66. The molecule has 0 aliphatic carbocycles. The van der Waals surface area contributed by atoms with Crippen LogP contribution in [0.25, 0.3) is 0 Å². The maximum atomic E-state index is 10.7. The zero-order valence-corrected chi connectivity index (χ0v) is 11.1. The second-order valence-electron chi connectivity index (χ2n) is 4.10. The molecule has 0 saturated heterocycles. The average molecular weight is 253 g/mol. The van der Waals surface area contributed by atoms with Crippen molar-refractivity contribution in [3.8, 4) is 11.5 Å². The van der Waals surface area contributed by atoms with Gasteiger partial charge in [0.25, 0.3) is 0 Å². The van der Waals surface area contributed by atoms with Gasteiger partial charge in [-0.05, 0) is 19.1 Å². The molecule has 0 aliphatic rings. The molecule has 0 spiro atoms. The van der Waals surface area contributed by atoms with Gasteiger partial charge in [-0.3, -0.25) is 4.79 Å². The second-order valence-corrected chi connectivity index (χ2v) is 4.10. The first kappa shape index (κ1) is 14.2. The van der Waals surface area contributed by atoms with Crippen molar-refractivity contribution in [1.82, 2.24) is 0 Å². The van der Waals surface area contributed by atoms with Crippen molar-refractivity contribution in [2.24, 2.45) is 0 Å². The number of methoxy groups -OCH3 is 2. The van der Waals surface area contributed by atoms with Crippen LogP contribution in [0.1, 0.15) is 13.3 Å². The number of rotatable bonds is 6. The van der Waals surface area contributed by atoms with E-state index >= 15 is 0 Å². The highest BCUT2D eigenvalue weighted by Gasteiger charge is 2.17. The molecule has 0 bridgehead atoms. The number of hydrogen-bond acceptors (Lipinski definition) is 4. The molecule has 0 heterocycles. The highest BCUT2D eigenvalue weighted by molar-refractivity contribution is 5.69. The SMILES string of the molecule is COc1ccc(OC)c(N(C)C(C)CC(=O)O)c1. The summed E-state index contributed by atoms with van der Waals surface area (Å²) in [6.45, 7) is 1.85. The van der Waals surface area contributed by atoms with Crippen LogP contribution in [0.2, 0.25) is 0 Å². The van der Waals surface area contributed by atoms with Gasteiger partial charge in [0.15, 0.2) is 0 Å². The summed E-state index contributed by atoms with van der Waals surface area (Å²) in [6, 6.07) is 5.30. The molecule has 5 heteroatoms. The van der Waals surface area contributed by atoms with Gasteiger partial charge in [-0.1, -0.05) is 0 Å². The fraction of sp³-hybridized carbons (Fsp3) is 0.462. The Morgan fingerprint density at radius 1 is 1.39 bits per heavy atom. The Balaban J connectivity index is 3.01. The van der Waals surface area contributed by atoms with Gasteiger partial charge in [-0.2, -0.15) is 0 Å². The van der Waals surface area contributed by atoms with Crippen molar-refractivity contribution in [1.29, 1.82) is 0 Å². The summed E-state index contributed by atoms with van der Waals surface area (Å²) in [5.41, 5.74) is 0.811. The molecule has 100 valence electrons. The van der Waals surface area contributed by atoms with Crippen molar-refractivity contribution >= 4 is 11.7 Å². The number of aliphatic carboxylic acids is 1. The van der Waals surface area contributed by atoms with Crippen molar-refractivity contribution in [2.75, 3.05) is 26.2 Å². The number of carboxylic acids is 1. The molecule has 1 aromatic carbocycles. The lowest BCUT2D eigenvalue weighted by molar-refractivity contribution is -0.137. The Bertz CT molecular complexity index is 419. The van der Waals surface area contributed by atoms with Gasteiger partial charge in [0, 0.05) is 19.2 Å². The first-order chi connectivity index (χ1) is 8.49. The van der Waals surface area contributed by atoms with E-state index in [-0.39, 0.29) is 12.5 Å². The molecule has 0 radical (unpaired) electrons. The standard InChI is InChI=1S/C13H19NO4/c1-9(7-13(15)16)14(2)11-8-10(17-3)5-6-12(11)18-4/h5-6,8-9H,7H2,1-4H3,(H,15,16). The second kappa shape index (κ2) is 6.14. The Morgan fingerprint density at radius 2 is 2.06 bits per heavy atom. The smallest absolute Gasteiger partial charge is 0.305 e. The van der Waals surface area contributed by atoms with E-state index in [2.05, 4.69) is 0 Å². The van der Waals surface area contributed by atoms with Crippen molar-refractivity contribution < 1.29 is 19.4 Å². The van der Waals surface area contributed by atoms with Crippen LogP contribution in [-0.4, -0.2) is 38.4 Å². The monoisotopic (exact) mass is 253 g/mol. The van der Waals surface area contributed by atoms with Crippen LogP contribution in [0.15, 0.2) is 18.2 Å². The van der Waals surface area contributed by atoms with E-state index in [9.17, 15) is 4.79 Å². The zero-order chi connectivity index (χ0) is 13.7. The van der Waals surface area contributed by atoms with Crippen molar-refractivity contribution in [3.05, 3.63) is 18.2 Å². The van der Waals surface area contributed by atoms with E-state index in [0.717, 1.165) is 5.69 Å². The van der Waals surface area contributed by atoms with Crippen LogP contribution in [-0.2, 0) is 4.79 Å². The quantitative estimate of drug-likeness (QED) is 0.840. The van der Waals surface area contributed by atoms with Crippen LogP contribution < -0.4 is 14.4 Å². The fourth-order valence-corrected chi connectivity index (χ4v) is 1.70. The summed E-state index contributed by atoms with van der Waals surface area (Å²) in [5, 5.41) is 8.82. The lowest BCUT2D eigenvalue weighted by atomic mass is 10.1. The summed E-state index contributed by atoms with van der Waals surface area (Å²) in [7, 11) is 5.01. The highest BCUT2D eigenvalue weighted by atomic mass is 16.5. The van der Waals surface area contributed by atoms with E-state index in [4.69, 9.17) is 14.6 Å². The molecule has 0 fully saturated rings. The van der Waals surface area contributed by atoms with E-state index in [0.29, 0.717) is 11.5 Å². The Hall–Kier alpha value is -1.91. The van der Waals surface area contributed by atoms with Gasteiger partial charge >= 0.3 is 5.97 Å². The number of carboxylic acid groups (broad SMARTS) is 1. The number of nitrogens with zero attached hydrogens (tertiary/aromatic N) is 1. The van der Waals surface area contributed by atoms with Gasteiger partial charge in [0.1, 0.15) is 11.5 Å². The summed E-state index contributed by atoms with van der Waals surface area (Å²) in [4.78, 5) is 12.6. The van der Waals surface area contributed by atoms with Gasteiger partial charge in [0.05, 0.1) is 26.3 Å². The summed E-state index contributed by atoms with van der Waals surface area (Å²) >= 11 is 0. The minimum atomic E-state index is -0.823. The van der Waals surface area contributed by atoms with E-state index in [1.165, 1.54) is 0 Å². The third kappa shape index (κ3) is 3.29. The third-order valence-electron chi connectivity index (χ3n) is 2.90. The van der Waals surface area contributed by atoms with E-state index in [1.54, 1.807) is 26.4 Å². The first-order valence-corrected chi connectivity index (χ1v) is 5.66. The predicted molar refractivity (Wildman–Crippen MR) is 69.7 cm³/mol. The van der Waals surface area contributed by atoms with E-state index in [1.807, 2.05) is 24.9 Å². The molecule has 1 aromatic rings. The molecule has 1 rings (SSSR count). The Labute approximate surface area is 107 Å². The molecule has 18 heavy (non-hydrogen) atoms. The molecule has 5 nitrogen and oxygen atoms in total. The Morgan fingerprint density at radius 3 is 2.56 bits per heavy atom. The lowest BCUT2D eigenvalue weighted by Crippen LogP contribution is -2.31. The molecule has 1 unspecified atom stereocenters. The van der Waals surface area contributed by atoms with Crippen LogP contribution >= 0.6 is 0 Å².